The van der Waals surface area contributed by atoms with Crippen LogP contribution in [0, 0.1) is 0 Å². The summed E-state index contributed by atoms with van der Waals surface area (Å²) in [6.07, 6.45) is 4.44. The van der Waals surface area contributed by atoms with Crippen molar-refractivity contribution in [2.75, 3.05) is 19.7 Å². The van der Waals surface area contributed by atoms with E-state index in [2.05, 4.69) is 0 Å². The van der Waals surface area contributed by atoms with Gasteiger partial charge >= 0.3 is 24.1 Å². The molecule has 0 spiro atoms. The molecule has 1 aromatic rings. The van der Waals surface area contributed by atoms with Crippen molar-refractivity contribution in [1.29, 1.82) is 0 Å². The van der Waals surface area contributed by atoms with Gasteiger partial charge in [-0.3, -0.25) is 14.4 Å². The number of rotatable bonds is 7. The molecule has 1 aromatic carbocycles. The minimum Gasteiger partial charge on any atom is -0.481 e. The van der Waals surface area contributed by atoms with Crippen LogP contribution in [0.1, 0.15) is 103 Å². The van der Waals surface area contributed by atoms with Gasteiger partial charge in [0, 0.05) is 30.7 Å². The molecule has 3 rings (SSSR count). The number of likely N-dealkylation sites (tertiary alicyclic amines) is 2. The molecule has 2 amide bonds. The Bertz CT molecular complexity index is 1090. The van der Waals surface area contributed by atoms with E-state index in [1.807, 2.05) is 26.8 Å². The molecule has 2 fully saturated rings. The normalized spacial score (nSPS) is 18.9. The molecule has 0 saturated carbocycles. The SMILES string of the molecule is CC(C)(C)OC(=O)N1CCCCC1CC(=O)O.CC(C)(C)OC(=O)N1CCCCC1CC(=O)OCC(=O)c1ccccc1. The first-order valence-corrected chi connectivity index (χ1v) is 15.0. The molecule has 1 N–H and O–H groups in total. The van der Waals surface area contributed by atoms with Gasteiger partial charge in [-0.25, -0.2) is 9.59 Å². The number of carbonyl (C=O) groups excluding carboxylic acids is 4. The molecule has 2 heterocycles. The first kappa shape index (κ1) is 35.6. The lowest BCUT2D eigenvalue weighted by Crippen LogP contribution is -2.47. The highest BCUT2D eigenvalue weighted by Gasteiger charge is 2.33. The number of nitrogens with zero attached hydrogens (tertiary/aromatic N) is 2. The molecule has 240 valence electrons. The van der Waals surface area contributed by atoms with Gasteiger partial charge in [0.2, 0.25) is 0 Å². The van der Waals surface area contributed by atoms with Crippen molar-refractivity contribution in [3.05, 3.63) is 35.9 Å². The van der Waals surface area contributed by atoms with Crippen molar-refractivity contribution < 1.29 is 43.3 Å². The Hall–Kier alpha value is -3.63. The minimum absolute atomic E-state index is 0.000751. The van der Waals surface area contributed by atoms with Gasteiger partial charge in [-0.05, 0) is 80.1 Å². The number of hydrogen-bond acceptors (Lipinski definition) is 8. The zero-order valence-corrected chi connectivity index (χ0v) is 26.4. The van der Waals surface area contributed by atoms with Crippen molar-refractivity contribution in [1.82, 2.24) is 9.80 Å². The molecule has 0 aliphatic carbocycles. The standard InChI is InChI=1S/C20H27NO5.C12H21NO4/c1-20(2,3)26-19(24)21-12-8-7-11-16(21)13-18(23)25-14-17(22)15-9-5-4-6-10-15;1-12(2,3)17-11(16)13-7-5-4-6-9(13)8-10(14)15/h4-6,9-10,16H,7-8,11-14H2,1-3H3;9H,4-8H2,1-3H3,(H,14,15). The largest absolute Gasteiger partial charge is 0.481 e. The molecule has 11 nitrogen and oxygen atoms in total. The van der Waals surface area contributed by atoms with Crippen molar-refractivity contribution in [3.63, 3.8) is 0 Å². The Balaban J connectivity index is 0.000000329. The van der Waals surface area contributed by atoms with E-state index in [0.717, 1.165) is 38.5 Å². The van der Waals surface area contributed by atoms with Crippen LogP contribution in [0.4, 0.5) is 9.59 Å². The molecule has 2 unspecified atom stereocenters. The number of aliphatic carboxylic acids is 1. The Morgan fingerprint density at radius 2 is 1.21 bits per heavy atom. The number of Topliss-reactive ketones (excluding diaryl/α,β-unsaturated/α-hetero) is 1. The summed E-state index contributed by atoms with van der Waals surface area (Å²) in [5, 5.41) is 8.82. The number of carboxylic acids is 1. The number of carboxylic acid groups (broad SMARTS) is 1. The summed E-state index contributed by atoms with van der Waals surface area (Å²) in [6, 6.07) is 8.22. The smallest absolute Gasteiger partial charge is 0.410 e. The van der Waals surface area contributed by atoms with Crippen LogP contribution in [-0.4, -0.2) is 87.8 Å². The third-order valence-corrected chi connectivity index (χ3v) is 6.78. The van der Waals surface area contributed by atoms with Gasteiger partial charge in [0.1, 0.15) is 11.2 Å². The summed E-state index contributed by atoms with van der Waals surface area (Å²) in [5.41, 5.74) is -0.613. The molecule has 2 aliphatic heterocycles. The van der Waals surface area contributed by atoms with Crippen molar-refractivity contribution in [2.24, 2.45) is 0 Å². The molecule has 0 radical (unpaired) electrons. The zero-order chi connectivity index (χ0) is 32.2. The third kappa shape index (κ3) is 13.5. The van der Waals surface area contributed by atoms with Crippen LogP contribution < -0.4 is 0 Å². The number of ether oxygens (including phenoxy) is 3. The van der Waals surface area contributed by atoms with Gasteiger partial charge in [-0.15, -0.1) is 0 Å². The molecule has 0 aromatic heterocycles. The van der Waals surface area contributed by atoms with Gasteiger partial charge < -0.3 is 29.1 Å². The number of ketones is 1. The molecule has 2 atom stereocenters. The van der Waals surface area contributed by atoms with E-state index in [1.165, 1.54) is 0 Å². The summed E-state index contributed by atoms with van der Waals surface area (Å²) < 4.78 is 15.8. The Morgan fingerprint density at radius 1 is 0.744 bits per heavy atom. The maximum atomic E-state index is 12.4. The van der Waals surface area contributed by atoms with E-state index in [9.17, 15) is 24.0 Å². The van der Waals surface area contributed by atoms with Gasteiger partial charge in [0.05, 0.1) is 12.8 Å². The van der Waals surface area contributed by atoms with Crippen LogP contribution in [0.25, 0.3) is 0 Å². The summed E-state index contributed by atoms with van der Waals surface area (Å²) in [5.74, 6) is -1.59. The number of hydrogen-bond donors (Lipinski definition) is 1. The molecule has 43 heavy (non-hydrogen) atoms. The number of benzene rings is 1. The summed E-state index contributed by atoms with van der Waals surface area (Å²) in [7, 11) is 0. The van der Waals surface area contributed by atoms with Crippen molar-refractivity contribution in [2.45, 2.75) is 116 Å². The lowest BCUT2D eigenvalue weighted by molar-refractivity contribution is -0.144. The van der Waals surface area contributed by atoms with Gasteiger partial charge in [0.15, 0.2) is 12.4 Å². The average molecular weight is 605 g/mol. The first-order valence-electron chi connectivity index (χ1n) is 15.0. The first-order chi connectivity index (χ1) is 20.1. The van der Waals surface area contributed by atoms with Crippen LogP contribution in [0.3, 0.4) is 0 Å². The summed E-state index contributed by atoms with van der Waals surface area (Å²) in [6.45, 7) is 11.7. The van der Waals surface area contributed by atoms with Gasteiger partial charge in [-0.1, -0.05) is 30.3 Å². The molecule has 2 saturated heterocycles. The second-order valence-electron chi connectivity index (χ2n) is 12.9. The molecule has 2 aliphatic rings. The predicted molar refractivity (Wildman–Crippen MR) is 160 cm³/mol. The fourth-order valence-corrected chi connectivity index (χ4v) is 4.85. The number of amides is 2. The van der Waals surface area contributed by atoms with Gasteiger partial charge in [0.25, 0.3) is 0 Å². The maximum absolute atomic E-state index is 12.4. The van der Waals surface area contributed by atoms with E-state index in [1.54, 1.807) is 54.8 Å². The number of esters is 1. The van der Waals surface area contributed by atoms with Crippen LogP contribution in [0.15, 0.2) is 30.3 Å². The number of carbonyl (C=O) groups is 5. The van der Waals surface area contributed by atoms with Crippen LogP contribution >= 0.6 is 0 Å². The quantitative estimate of drug-likeness (QED) is 0.231. The van der Waals surface area contributed by atoms with Crippen LogP contribution in [-0.2, 0) is 23.8 Å². The van der Waals surface area contributed by atoms with Crippen LogP contribution in [0.5, 0.6) is 0 Å². The zero-order valence-electron chi connectivity index (χ0n) is 26.4. The van der Waals surface area contributed by atoms with E-state index >= 15 is 0 Å². The predicted octanol–water partition coefficient (Wildman–Crippen LogP) is 5.84. The number of piperidine rings is 2. The lowest BCUT2D eigenvalue weighted by atomic mass is 10.00. The summed E-state index contributed by atoms with van der Waals surface area (Å²) >= 11 is 0. The van der Waals surface area contributed by atoms with Crippen molar-refractivity contribution in [3.8, 4) is 0 Å². The molecule has 11 heteroatoms. The fraction of sp³-hybridized carbons (Fsp3) is 0.656. The van der Waals surface area contributed by atoms with E-state index in [0.29, 0.717) is 18.7 Å². The van der Waals surface area contributed by atoms with Gasteiger partial charge in [-0.2, -0.15) is 0 Å². The second-order valence-corrected chi connectivity index (χ2v) is 12.9. The molecular formula is C32H48N2O9. The summed E-state index contributed by atoms with van der Waals surface area (Å²) in [4.78, 5) is 62.3. The Kier molecular flexibility index (Phi) is 13.5. The second kappa shape index (κ2) is 16.3. The Morgan fingerprint density at radius 3 is 1.65 bits per heavy atom. The van der Waals surface area contributed by atoms with E-state index < -0.39 is 35.3 Å². The molecular weight excluding hydrogens is 556 g/mol. The fourth-order valence-electron chi connectivity index (χ4n) is 4.85. The van der Waals surface area contributed by atoms with E-state index in [-0.39, 0.29) is 37.3 Å². The minimum atomic E-state index is -0.870. The highest BCUT2D eigenvalue weighted by Crippen LogP contribution is 2.24. The van der Waals surface area contributed by atoms with Crippen molar-refractivity contribution >= 4 is 29.9 Å². The highest BCUT2D eigenvalue weighted by molar-refractivity contribution is 5.97. The molecule has 0 bridgehead atoms. The monoisotopic (exact) mass is 604 g/mol. The highest BCUT2D eigenvalue weighted by atomic mass is 16.6. The van der Waals surface area contributed by atoms with Crippen LogP contribution in [0.2, 0.25) is 0 Å². The Labute approximate surface area is 254 Å². The average Bonchev–Trinajstić information content (AvgIpc) is 2.91. The van der Waals surface area contributed by atoms with E-state index in [4.69, 9.17) is 19.3 Å². The lowest BCUT2D eigenvalue weighted by Gasteiger charge is -2.36. The third-order valence-electron chi connectivity index (χ3n) is 6.78. The maximum Gasteiger partial charge on any atom is 0.410 e. The topological polar surface area (TPSA) is 140 Å².